The van der Waals surface area contributed by atoms with Crippen molar-refractivity contribution in [2.75, 3.05) is 32.8 Å². The molecule has 1 heterocycles. The maximum atomic E-state index is 12.4. The number of carbonyl (C=O) groups excluding carboxylic acids is 2. The fraction of sp³-hybridized carbons (Fsp3) is 0.556. The first-order valence-corrected chi connectivity index (χ1v) is 9.36. The van der Waals surface area contributed by atoms with Crippen molar-refractivity contribution in [3.63, 3.8) is 0 Å². The highest BCUT2D eigenvalue weighted by atomic mass is 35.5. The van der Waals surface area contributed by atoms with E-state index in [-0.39, 0.29) is 24.3 Å². The van der Waals surface area contributed by atoms with Gasteiger partial charge in [0.2, 0.25) is 5.91 Å². The van der Waals surface area contributed by atoms with Crippen LogP contribution in [0.1, 0.15) is 26.7 Å². The van der Waals surface area contributed by atoms with E-state index in [0.717, 1.165) is 12.8 Å². The molecule has 1 fully saturated rings. The molecule has 1 saturated heterocycles. The third-order valence-corrected chi connectivity index (χ3v) is 5.05. The fourth-order valence-electron chi connectivity index (χ4n) is 2.90. The summed E-state index contributed by atoms with van der Waals surface area (Å²) >= 11 is 11.9. The first-order valence-electron chi connectivity index (χ1n) is 8.60. The van der Waals surface area contributed by atoms with Crippen molar-refractivity contribution < 1.29 is 14.3 Å². The molecule has 2 amide bonds. The molecule has 1 aromatic rings. The van der Waals surface area contributed by atoms with Crippen molar-refractivity contribution in [2.24, 2.45) is 5.92 Å². The first-order chi connectivity index (χ1) is 12.0. The van der Waals surface area contributed by atoms with Crippen LogP contribution in [0.5, 0.6) is 5.75 Å². The Labute approximate surface area is 158 Å². The number of halogens is 2. The van der Waals surface area contributed by atoms with Crippen LogP contribution in [0.15, 0.2) is 18.2 Å². The van der Waals surface area contributed by atoms with Gasteiger partial charge in [-0.25, -0.2) is 0 Å². The van der Waals surface area contributed by atoms with Gasteiger partial charge in [0.1, 0.15) is 5.75 Å². The maximum absolute atomic E-state index is 12.4. The van der Waals surface area contributed by atoms with Crippen LogP contribution < -0.4 is 4.74 Å². The second kappa shape index (κ2) is 9.30. The molecule has 1 aliphatic heterocycles. The van der Waals surface area contributed by atoms with E-state index in [2.05, 4.69) is 0 Å². The van der Waals surface area contributed by atoms with Crippen molar-refractivity contribution in [1.82, 2.24) is 9.80 Å². The number of ether oxygens (including phenoxy) is 1. The lowest BCUT2D eigenvalue weighted by Gasteiger charge is -2.36. The van der Waals surface area contributed by atoms with E-state index < -0.39 is 0 Å². The van der Waals surface area contributed by atoms with E-state index in [0.29, 0.717) is 42.0 Å². The highest BCUT2D eigenvalue weighted by Gasteiger charge is 2.27. The molecule has 0 aliphatic carbocycles. The van der Waals surface area contributed by atoms with Gasteiger partial charge in [-0.3, -0.25) is 9.59 Å². The Morgan fingerprint density at radius 3 is 2.24 bits per heavy atom. The second-order valence-electron chi connectivity index (χ2n) is 6.08. The molecule has 0 N–H and O–H groups in total. The van der Waals surface area contributed by atoms with Gasteiger partial charge >= 0.3 is 0 Å². The summed E-state index contributed by atoms with van der Waals surface area (Å²) in [7, 11) is 0. The van der Waals surface area contributed by atoms with E-state index in [9.17, 15) is 9.59 Å². The smallest absolute Gasteiger partial charge is 0.260 e. The summed E-state index contributed by atoms with van der Waals surface area (Å²) in [6, 6.07) is 4.88. The molecule has 1 aromatic carbocycles. The zero-order valence-electron chi connectivity index (χ0n) is 14.6. The fourth-order valence-corrected chi connectivity index (χ4v) is 3.36. The van der Waals surface area contributed by atoms with E-state index in [4.69, 9.17) is 27.9 Å². The zero-order chi connectivity index (χ0) is 18.4. The Balaban J connectivity index is 1.82. The van der Waals surface area contributed by atoms with Crippen LogP contribution in [0.2, 0.25) is 10.0 Å². The molecule has 0 atom stereocenters. The average molecular weight is 387 g/mol. The van der Waals surface area contributed by atoms with Gasteiger partial charge in [-0.1, -0.05) is 37.0 Å². The maximum Gasteiger partial charge on any atom is 0.260 e. The predicted octanol–water partition coefficient (Wildman–Crippen LogP) is 3.48. The Kier molecular flexibility index (Phi) is 7.38. The minimum Gasteiger partial charge on any atom is -0.482 e. The first kappa shape index (κ1) is 19.9. The van der Waals surface area contributed by atoms with Gasteiger partial charge in [-0.15, -0.1) is 0 Å². The van der Waals surface area contributed by atoms with Crippen LogP contribution in [0.4, 0.5) is 0 Å². The van der Waals surface area contributed by atoms with E-state index in [1.165, 1.54) is 0 Å². The molecule has 0 radical (unpaired) electrons. The summed E-state index contributed by atoms with van der Waals surface area (Å²) in [5.41, 5.74) is 0. The van der Waals surface area contributed by atoms with Crippen LogP contribution in [0.25, 0.3) is 0 Å². The molecule has 0 unspecified atom stereocenters. The van der Waals surface area contributed by atoms with Gasteiger partial charge < -0.3 is 14.5 Å². The largest absolute Gasteiger partial charge is 0.482 e. The molecule has 0 spiro atoms. The molecule has 0 bridgehead atoms. The third kappa shape index (κ3) is 5.25. The Hall–Kier alpha value is -1.46. The van der Waals surface area contributed by atoms with Gasteiger partial charge in [0, 0.05) is 37.1 Å². The summed E-state index contributed by atoms with van der Waals surface area (Å²) in [6.07, 6.45) is 1.70. The quantitative estimate of drug-likeness (QED) is 0.751. The minimum atomic E-state index is -0.111. The second-order valence-corrected chi connectivity index (χ2v) is 6.93. The van der Waals surface area contributed by atoms with Gasteiger partial charge in [0.05, 0.1) is 5.02 Å². The molecule has 25 heavy (non-hydrogen) atoms. The number of amides is 2. The van der Waals surface area contributed by atoms with Gasteiger partial charge in [-0.2, -0.15) is 0 Å². The van der Waals surface area contributed by atoms with Gasteiger partial charge in [0.25, 0.3) is 5.91 Å². The van der Waals surface area contributed by atoms with Crippen LogP contribution in [0.3, 0.4) is 0 Å². The highest BCUT2D eigenvalue weighted by Crippen LogP contribution is 2.27. The number of piperazine rings is 1. The van der Waals surface area contributed by atoms with Crippen molar-refractivity contribution in [1.29, 1.82) is 0 Å². The standard InChI is InChI=1S/C18H24Cl2N2O3/c1-3-13(4-2)18(24)22-9-7-21(8-10-22)17(23)12-25-16-6-5-14(19)11-15(16)20/h5-6,11,13H,3-4,7-10,12H2,1-2H3. The minimum absolute atomic E-state index is 0.0811. The van der Waals surface area contributed by atoms with E-state index in [1.807, 2.05) is 18.7 Å². The lowest BCUT2D eigenvalue weighted by molar-refractivity contribution is -0.143. The van der Waals surface area contributed by atoms with Gasteiger partial charge in [-0.05, 0) is 31.0 Å². The summed E-state index contributed by atoms with van der Waals surface area (Å²) in [5.74, 6) is 0.599. The normalized spacial score (nSPS) is 14.8. The van der Waals surface area contributed by atoms with Crippen LogP contribution in [0, 0.1) is 5.92 Å². The summed E-state index contributed by atoms with van der Waals surface area (Å²) in [4.78, 5) is 28.3. The van der Waals surface area contributed by atoms with Crippen molar-refractivity contribution >= 4 is 35.0 Å². The molecule has 7 heteroatoms. The molecule has 2 rings (SSSR count). The van der Waals surface area contributed by atoms with Crippen molar-refractivity contribution in [3.8, 4) is 5.75 Å². The molecule has 5 nitrogen and oxygen atoms in total. The summed E-state index contributed by atoms with van der Waals surface area (Å²) in [6.45, 7) is 6.19. The Bertz CT molecular complexity index is 612. The lowest BCUT2D eigenvalue weighted by atomic mass is 10.0. The monoisotopic (exact) mass is 386 g/mol. The summed E-state index contributed by atoms with van der Waals surface area (Å²) < 4.78 is 5.49. The number of benzene rings is 1. The van der Waals surface area contributed by atoms with Crippen LogP contribution >= 0.6 is 23.2 Å². The molecular formula is C18H24Cl2N2O3. The molecular weight excluding hydrogens is 363 g/mol. The molecule has 1 aliphatic rings. The highest BCUT2D eigenvalue weighted by molar-refractivity contribution is 6.35. The number of nitrogens with zero attached hydrogens (tertiary/aromatic N) is 2. The Morgan fingerprint density at radius 1 is 1.08 bits per heavy atom. The number of hydrogen-bond acceptors (Lipinski definition) is 3. The van der Waals surface area contributed by atoms with Crippen LogP contribution in [-0.2, 0) is 9.59 Å². The van der Waals surface area contributed by atoms with Crippen LogP contribution in [-0.4, -0.2) is 54.4 Å². The molecule has 0 saturated carbocycles. The van der Waals surface area contributed by atoms with E-state index in [1.54, 1.807) is 23.1 Å². The van der Waals surface area contributed by atoms with Gasteiger partial charge in [0.15, 0.2) is 6.61 Å². The number of carbonyl (C=O) groups is 2. The van der Waals surface area contributed by atoms with E-state index >= 15 is 0 Å². The zero-order valence-corrected chi connectivity index (χ0v) is 16.1. The molecule has 0 aromatic heterocycles. The molecule has 138 valence electrons. The Morgan fingerprint density at radius 2 is 1.68 bits per heavy atom. The van der Waals surface area contributed by atoms with Crippen molar-refractivity contribution in [2.45, 2.75) is 26.7 Å². The lowest BCUT2D eigenvalue weighted by Crippen LogP contribution is -2.52. The topological polar surface area (TPSA) is 49.9 Å². The average Bonchev–Trinajstić information content (AvgIpc) is 2.62. The third-order valence-electron chi connectivity index (χ3n) is 4.52. The number of rotatable bonds is 6. The van der Waals surface area contributed by atoms with Crippen molar-refractivity contribution in [3.05, 3.63) is 28.2 Å². The predicted molar refractivity (Wildman–Crippen MR) is 99.2 cm³/mol. The summed E-state index contributed by atoms with van der Waals surface area (Å²) in [5, 5.41) is 0.891. The SMILES string of the molecule is CCC(CC)C(=O)N1CCN(C(=O)COc2ccc(Cl)cc2Cl)CC1. The number of hydrogen-bond donors (Lipinski definition) is 0.